The number of para-hydroxylation sites is 1. The molecule has 36 heavy (non-hydrogen) atoms. The van der Waals surface area contributed by atoms with Gasteiger partial charge >= 0.3 is 0 Å². The van der Waals surface area contributed by atoms with Gasteiger partial charge in [0.05, 0.1) is 0 Å². The van der Waals surface area contributed by atoms with Crippen molar-refractivity contribution in [2.45, 2.75) is 59.4 Å². The molecule has 2 aromatic rings. The summed E-state index contributed by atoms with van der Waals surface area (Å²) in [6, 6.07) is 8.17. The lowest BCUT2D eigenvalue weighted by molar-refractivity contribution is -0.142. The Kier molecular flexibility index (Phi) is 6.63. The molecule has 6 atom stereocenters. The number of benzene rings is 1. The number of rotatable bonds is 2. The predicted molar refractivity (Wildman–Crippen MR) is 146 cm³/mol. The fraction of sp³-hybridized carbons (Fsp3) is 0.438. The second-order valence-electron chi connectivity index (χ2n) is 11.2. The number of hydrogen-bond acceptors (Lipinski definition) is 2. The van der Waals surface area contributed by atoms with Crippen LogP contribution in [0.5, 0.6) is 0 Å². The first kappa shape index (κ1) is 24.5. The Morgan fingerprint density at radius 2 is 1.86 bits per heavy atom. The van der Waals surface area contributed by atoms with Crippen LogP contribution in [-0.4, -0.2) is 22.7 Å². The molecule has 2 heterocycles. The van der Waals surface area contributed by atoms with Gasteiger partial charge in [0.15, 0.2) is 5.78 Å². The van der Waals surface area contributed by atoms with E-state index in [-0.39, 0.29) is 35.5 Å². The van der Waals surface area contributed by atoms with Gasteiger partial charge in [-0.2, -0.15) is 0 Å². The van der Waals surface area contributed by atoms with Gasteiger partial charge in [-0.05, 0) is 69.1 Å². The molecule has 3 aliphatic rings. The van der Waals surface area contributed by atoms with E-state index in [0.29, 0.717) is 12.3 Å². The number of nitrogens with one attached hydrogen (secondary N) is 2. The maximum Gasteiger partial charge on any atom is 0.235 e. The van der Waals surface area contributed by atoms with Gasteiger partial charge < -0.3 is 10.3 Å². The van der Waals surface area contributed by atoms with Crippen LogP contribution in [0.15, 0.2) is 78.1 Å². The third kappa shape index (κ3) is 4.11. The summed E-state index contributed by atoms with van der Waals surface area (Å²) in [4.78, 5) is 31.4. The maximum atomic E-state index is 14.1. The monoisotopic (exact) mass is 482 g/mol. The zero-order valence-corrected chi connectivity index (χ0v) is 21.9. The molecule has 2 aliphatic carbocycles. The SMILES string of the molecule is CC1=C[C@H]2/C=C/C[C@H](C)/C=C(\C)CC/C=C\C(=O)[C@@]23C(=O)N[C@@H](Cc2c[nH]c4ccccc24)[C@@H]3[C@H]1C. The number of aromatic nitrogens is 1. The second-order valence-corrected chi connectivity index (χ2v) is 11.2. The zero-order valence-electron chi connectivity index (χ0n) is 21.9. The highest BCUT2D eigenvalue weighted by atomic mass is 16.2. The van der Waals surface area contributed by atoms with Gasteiger partial charge in [0.1, 0.15) is 5.41 Å². The van der Waals surface area contributed by atoms with Gasteiger partial charge in [0.25, 0.3) is 0 Å². The van der Waals surface area contributed by atoms with E-state index in [1.165, 1.54) is 22.1 Å². The molecule has 1 aromatic heterocycles. The standard InChI is InChI=1S/C32H38N2O2/c1-20-10-5-8-15-29(35)32-25(12-9-11-21(2)16-20)17-22(3)23(4)30(32)28(34-31(32)36)18-24-19-33-27-14-7-6-13-26(24)27/h6-9,12-17,19,21,23,25,28,30,33H,5,10-11,18H2,1-4H3,(H,34,36)/b12-9+,15-8-,20-16+/t21-,23-,25+,28-,30-,32-/m0/s1. The van der Waals surface area contributed by atoms with Crippen LogP contribution in [0.3, 0.4) is 0 Å². The molecule has 1 aromatic carbocycles. The largest absolute Gasteiger partial charge is 0.361 e. The summed E-state index contributed by atoms with van der Waals surface area (Å²) in [6.07, 6.45) is 17.9. The van der Waals surface area contributed by atoms with Gasteiger partial charge in [-0.3, -0.25) is 9.59 Å². The summed E-state index contributed by atoms with van der Waals surface area (Å²) in [5.41, 5.74) is 3.78. The van der Waals surface area contributed by atoms with E-state index in [1.54, 1.807) is 6.08 Å². The first-order chi connectivity index (χ1) is 17.3. The molecule has 0 saturated carbocycles. The number of hydrogen-bond donors (Lipinski definition) is 2. The van der Waals surface area contributed by atoms with Crippen LogP contribution in [0.2, 0.25) is 0 Å². The molecule has 0 bridgehead atoms. The fourth-order valence-electron chi connectivity index (χ4n) is 6.89. The maximum absolute atomic E-state index is 14.1. The third-order valence-electron chi connectivity index (χ3n) is 8.79. The predicted octanol–water partition coefficient (Wildman–Crippen LogP) is 6.47. The molecule has 1 spiro atoms. The Balaban J connectivity index is 1.58. The van der Waals surface area contributed by atoms with Crippen molar-refractivity contribution < 1.29 is 9.59 Å². The minimum atomic E-state index is -1.11. The number of carbonyl (C=O) groups excluding carboxylic acids is 2. The highest BCUT2D eigenvalue weighted by Gasteiger charge is 2.64. The van der Waals surface area contributed by atoms with E-state index >= 15 is 0 Å². The summed E-state index contributed by atoms with van der Waals surface area (Å²) in [5.74, 6) is 0.0208. The van der Waals surface area contributed by atoms with Crippen LogP contribution in [0.4, 0.5) is 0 Å². The Bertz CT molecular complexity index is 1290. The molecule has 2 N–H and O–H groups in total. The van der Waals surface area contributed by atoms with Crippen molar-refractivity contribution in [1.29, 1.82) is 0 Å². The van der Waals surface area contributed by atoms with Crippen LogP contribution in [0.1, 0.15) is 52.5 Å². The first-order valence-electron chi connectivity index (χ1n) is 13.4. The van der Waals surface area contributed by atoms with E-state index < -0.39 is 5.41 Å². The lowest BCUT2D eigenvalue weighted by Gasteiger charge is -2.44. The number of carbonyl (C=O) groups is 2. The van der Waals surface area contributed by atoms with E-state index in [1.807, 2.05) is 18.2 Å². The molecule has 1 amide bonds. The Morgan fingerprint density at radius 1 is 1.06 bits per heavy atom. The quantitative estimate of drug-likeness (QED) is 0.381. The minimum absolute atomic E-state index is 0.0504. The number of aromatic amines is 1. The van der Waals surface area contributed by atoms with E-state index in [0.717, 1.165) is 24.8 Å². The van der Waals surface area contributed by atoms with Gasteiger partial charge in [0.2, 0.25) is 5.91 Å². The molecular weight excluding hydrogens is 444 g/mol. The van der Waals surface area contributed by atoms with Crippen LogP contribution in [0, 0.1) is 29.1 Å². The van der Waals surface area contributed by atoms with Crippen LogP contribution >= 0.6 is 0 Å². The molecular formula is C32H38N2O2. The van der Waals surface area contributed by atoms with Crippen LogP contribution in [-0.2, 0) is 16.0 Å². The van der Waals surface area contributed by atoms with Crippen LogP contribution < -0.4 is 5.32 Å². The topological polar surface area (TPSA) is 62.0 Å². The molecule has 0 radical (unpaired) electrons. The molecule has 0 unspecified atom stereocenters. The van der Waals surface area contributed by atoms with Crippen LogP contribution in [0.25, 0.3) is 10.9 Å². The minimum Gasteiger partial charge on any atom is -0.361 e. The van der Waals surface area contributed by atoms with Crippen molar-refractivity contribution in [3.8, 4) is 0 Å². The molecule has 1 saturated heterocycles. The average molecular weight is 483 g/mol. The Morgan fingerprint density at radius 3 is 2.69 bits per heavy atom. The Hall–Kier alpha value is -3.14. The van der Waals surface area contributed by atoms with E-state index in [9.17, 15) is 9.59 Å². The van der Waals surface area contributed by atoms with Gasteiger partial charge in [0, 0.05) is 35.0 Å². The van der Waals surface area contributed by atoms with Crippen molar-refractivity contribution in [1.82, 2.24) is 10.3 Å². The summed E-state index contributed by atoms with van der Waals surface area (Å²) in [7, 11) is 0. The number of ketones is 1. The van der Waals surface area contributed by atoms with Crippen molar-refractivity contribution in [2.24, 2.45) is 29.1 Å². The average Bonchev–Trinajstić information content (AvgIpc) is 3.38. The molecule has 188 valence electrons. The van der Waals surface area contributed by atoms with Gasteiger partial charge in [-0.1, -0.05) is 73.6 Å². The van der Waals surface area contributed by atoms with Crippen molar-refractivity contribution >= 4 is 22.6 Å². The fourth-order valence-corrected chi connectivity index (χ4v) is 6.89. The summed E-state index contributed by atoms with van der Waals surface area (Å²) >= 11 is 0. The summed E-state index contributed by atoms with van der Waals surface area (Å²) in [6.45, 7) is 8.74. The molecule has 1 aliphatic heterocycles. The van der Waals surface area contributed by atoms with Gasteiger partial charge in [-0.15, -0.1) is 0 Å². The Labute approximate surface area is 214 Å². The first-order valence-corrected chi connectivity index (χ1v) is 13.4. The normalized spacial score (nSPS) is 36.3. The molecule has 1 fully saturated rings. The summed E-state index contributed by atoms with van der Waals surface area (Å²) < 4.78 is 0. The molecule has 4 nitrogen and oxygen atoms in total. The van der Waals surface area contributed by atoms with Crippen molar-refractivity contribution in [3.05, 3.63) is 83.6 Å². The third-order valence-corrected chi connectivity index (χ3v) is 8.79. The lowest BCUT2D eigenvalue weighted by atomic mass is 9.55. The second kappa shape index (κ2) is 9.72. The highest BCUT2D eigenvalue weighted by Crippen LogP contribution is 2.54. The van der Waals surface area contributed by atoms with Gasteiger partial charge in [-0.25, -0.2) is 0 Å². The number of H-pyrrole nitrogens is 1. The van der Waals surface area contributed by atoms with E-state index in [4.69, 9.17) is 0 Å². The highest BCUT2D eigenvalue weighted by molar-refractivity contribution is 6.13. The zero-order chi connectivity index (χ0) is 25.4. The number of amides is 1. The van der Waals surface area contributed by atoms with Crippen molar-refractivity contribution in [2.75, 3.05) is 0 Å². The lowest BCUT2D eigenvalue weighted by Crippen LogP contribution is -2.51. The summed E-state index contributed by atoms with van der Waals surface area (Å²) in [5, 5.41) is 4.50. The number of allylic oxidation sites excluding steroid dienone is 8. The van der Waals surface area contributed by atoms with E-state index in [2.05, 4.69) is 80.6 Å². The smallest absolute Gasteiger partial charge is 0.235 e. The molecule has 5 rings (SSSR count). The molecule has 4 heteroatoms. The van der Waals surface area contributed by atoms with Crippen molar-refractivity contribution in [3.63, 3.8) is 0 Å². The number of fused-ring (bicyclic) bond motifs is 1.